The van der Waals surface area contributed by atoms with E-state index in [1.54, 1.807) is 0 Å². The van der Waals surface area contributed by atoms with E-state index in [1.165, 1.54) is 0 Å². The molecule has 0 aliphatic carbocycles. The smallest absolute Gasteiger partial charge is 0.151 e. The number of hydrogen-bond donors (Lipinski definition) is 1. The normalized spacial score (nSPS) is 10.9. The van der Waals surface area contributed by atoms with Crippen LogP contribution in [-0.2, 0) is 19.4 Å². The molecule has 0 unspecified atom stereocenters. The summed E-state index contributed by atoms with van der Waals surface area (Å²) >= 11 is 6.28. The minimum absolute atomic E-state index is 0.484. The summed E-state index contributed by atoms with van der Waals surface area (Å²) in [5.41, 5.74) is 7.47. The molecular formula is C13H17ClN4. The predicted molar refractivity (Wildman–Crippen MR) is 73.0 cm³/mol. The molecule has 5 heteroatoms. The van der Waals surface area contributed by atoms with Crippen molar-refractivity contribution in [1.29, 1.82) is 0 Å². The predicted octanol–water partition coefficient (Wildman–Crippen LogP) is 2.50. The molecule has 0 atom stereocenters. The number of rotatable bonds is 4. The molecule has 0 saturated heterocycles. The second-order valence-electron chi connectivity index (χ2n) is 4.05. The van der Waals surface area contributed by atoms with Gasteiger partial charge in [0.1, 0.15) is 5.82 Å². The number of halogens is 1. The van der Waals surface area contributed by atoms with Crippen LogP contribution in [0.15, 0.2) is 18.2 Å². The summed E-state index contributed by atoms with van der Waals surface area (Å²) in [7, 11) is 0. The van der Waals surface area contributed by atoms with Gasteiger partial charge in [0.05, 0.1) is 10.7 Å². The number of benzene rings is 1. The molecule has 0 saturated carbocycles. The van der Waals surface area contributed by atoms with E-state index < -0.39 is 0 Å². The molecule has 1 aromatic heterocycles. The maximum Gasteiger partial charge on any atom is 0.151 e. The van der Waals surface area contributed by atoms with Crippen LogP contribution in [0.1, 0.15) is 31.1 Å². The highest BCUT2D eigenvalue weighted by Crippen LogP contribution is 2.22. The van der Waals surface area contributed by atoms with Gasteiger partial charge in [-0.25, -0.2) is 9.67 Å². The van der Waals surface area contributed by atoms with Gasteiger partial charge in [0.2, 0.25) is 0 Å². The van der Waals surface area contributed by atoms with Crippen molar-refractivity contribution in [3.05, 3.63) is 40.4 Å². The van der Waals surface area contributed by atoms with Crippen molar-refractivity contribution in [3.8, 4) is 5.69 Å². The lowest BCUT2D eigenvalue weighted by Gasteiger charge is -2.08. The highest BCUT2D eigenvalue weighted by Gasteiger charge is 2.12. The van der Waals surface area contributed by atoms with Crippen molar-refractivity contribution in [1.82, 2.24) is 14.8 Å². The van der Waals surface area contributed by atoms with E-state index in [0.29, 0.717) is 11.6 Å². The van der Waals surface area contributed by atoms with Crippen molar-refractivity contribution < 1.29 is 0 Å². The maximum absolute atomic E-state index is 6.28. The van der Waals surface area contributed by atoms with Gasteiger partial charge in [-0.3, -0.25) is 0 Å². The largest absolute Gasteiger partial charge is 0.326 e. The molecule has 2 rings (SSSR count). The molecule has 2 aromatic rings. The summed E-state index contributed by atoms with van der Waals surface area (Å²) in [4.78, 5) is 4.48. The first-order valence-electron chi connectivity index (χ1n) is 6.13. The Kier molecular flexibility index (Phi) is 3.99. The first-order valence-corrected chi connectivity index (χ1v) is 6.51. The molecule has 0 fully saturated rings. The van der Waals surface area contributed by atoms with Crippen LogP contribution in [0, 0.1) is 0 Å². The zero-order valence-corrected chi connectivity index (χ0v) is 11.4. The topological polar surface area (TPSA) is 56.7 Å². The van der Waals surface area contributed by atoms with Gasteiger partial charge in [-0.2, -0.15) is 5.10 Å². The molecule has 0 bridgehead atoms. The molecule has 96 valence electrons. The average molecular weight is 265 g/mol. The van der Waals surface area contributed by atoms with Crippen LogP contribution in [0.5, 0.6) is 0 Å². The van der Waals surface area contributed by atoms with Crippen molar-refractivity contribution in [3.63, 3.8) is 0 Å². The van der Waals surface area contributed by atoms with Crippen LogP contribution in [0.2, 0.25) is 5.02 Å². The molecule has 0 spiro atoms. The van der Waals surface area contributed by atoms with Crippen LogP contribution in [0.4, 0.5) is 0 Å². The highest BCUT2D eigenvalue weighted by molar-refractivity contribution is 6.32. The fourth-order valence-electron chi connectivity index (χ4n) is 1.81. The second kappa shape index (κ2) is 5.50. The van der Waals surface area contributed by atoms with Crippen LogP contribution >= 0.6 is 11.6 Å². The van der Waals surface area contributed by atoms with Gasteiger partial charge in [0.25, 0.3) is 0 Å². The summed E-state index contributed by atoms with van der Waals surface area (Å²) < 4.78 is 1.82. The monoisotopic (exact) mass is 264 g/mol. The van der Waals surface area contributed by atoms with Crippen molar-refractivity contribution >= 4 is 11.6 Å². The Bertz CT molecular complexity index is 548. The quantitative estimate of drug-likeness (QED) is 0.923. The SMILES string of the molecule is CCc1nc(CC)n(-c2ccc(CN)cc2Cl)n1. The third-order valence-corrected chi connectivity index (χ3v) is 3.13. The molecule has 0 radical (unpaired) electrons. The minimum Gasteiger partial charge on any atom is -0.326 e. The van der Waals surface area contributed by atoms with Gasteiger partial charge in [0.15, 0.2) is 5.82 Å². The van der Waals surface area contributed by atoms with E-state index >= 15 is 0 Å². The summed E-state index contributed by atoms with van der Waals surface area (Å²) in [5, 5.41) is 5.13. The standard InChI is InChI=1S/C13H17ClN4/c1-3-12-16-13(4-2)18(17-12)11-6-5-9(8-15)7-10(11)14/h5-7H,3-4,8,15H2,1-2H3. The van der Waals surface area contributed by atoms with Crippen LogP contribution in [0.3, 0.4) is 0 Å². The van der Waals surface area contributed by atoms with Crippen molar-refractivity contribution in [2.24, 2.45) is 5.73 Å². The number of nitrogens with zero attached hydrogens (tertiary/aromatic N) is 3. The van der Waals surface area contributed by atoms with Gasteiger partial charge in [0, 0.05) is 19.4 Å². The Labute approximate surface area is 112 Å². The Morgan fingerprint density at radius 3 is 2.61 bits per heavy atom. The molecule has 4 nitrogen and oxygen atoms in total. The first-order chi connectivity index (χ1) is 8.69. The molecule has 0 aliphatic heterocycles. The fourth-order valence-corrected chi connectivity index (χ4v) is 2.10. The molecular weight excluding hydrogens is 248 g/mol. The number of hydrogen-bond acceptors (Lipinski definition) is 3. The Morgan fingerprint density at radius 2 is 2.06 bits per heavy atom. The number of nitrogens with two attached hydrogens (primary N) is 1. The lowest BCUT2D eigenvalue weighted by atomic mass is 10.2. The fraction of sp³-hybridized carbons (Fsp3) is 0.385. The zero-order valence-electron chi connectivity index (χ0n) is 10.7. The van der Waals surface area contributed by atoms with Crippen molar-refractivity contribution in [2.75, 3.05) is 0 Å². The lowest BCUT2D eigenvalue weighted by Crippen LogP contribution is -2.04. The highest BCUT2D eigenvalue weighted by atomic mass is 35.5. The van der Waals surface area contributed by atoms with Gasteiger partial charge in [-0.15, -0.1) is 0 Å². The minimum atomic E-state index is 0.484. The lowest BCUT2D eigenvalue weighted by molar-refractivity contribution is 0.790. The van der Waals surface area contributed by atoms with E-state index in [4.69, 9.17) is 17.3 Å². The molecule has 0 amide bonds. The summed E-state index contributed by atoms with van der Waals surface area (Å²) in [6, 6.07) is 5.79. The third-order valence-electron chi connectivity index (χ3n) is 2.83. The van der Waals surface area contributed by atoms with Crippen LogP contribution in [0.25, 0.3) is 5.69 Å². The molecule has 2 N–H and O–H groups in total. The van der Waals surface area contributed by atoms with E-state index in [1.807, 2.05) is 29.8 Å². The van der Waals surface area contributed by atoms with E-state index in [0.717, 1.165) is 35.7 Å². The molecule has 0 aliphatic rings. The van der Waals surface area contributed by atoms with Crippen molar-refractivity contribution in [2.45, 2.75) is 33.2 Å². The molecule has 1 aromatic carbocycles. The third kappa shape index (κ3) is 2.40. The second-order valence-corrected chi connectivity index (χ2v) is 4.46. The number of aromatic nitrogens is 3. The average Bonchev–Trinajstić information content (AvgIpc) is 2.81. The van der Waals surface area contributed by atoms with Gasteiger partial charge >= 0.3 is 0 Å². The molecule has 18 heavy (non-hydrogen) atoms. The van der Waals surface area contributed by atoms with E-state index in [2.05, 4.69) is 17.0 Å². The molecule has 1 heterocycles. The van der Waals surface area contributed by atoms with Gasteiger partial charge in [-0.1, -0.05) is 31.5 Å². The Balaban J connectivity index is 2.50. The maximum atomic E-state index is 6.28. The first kappa shape index (κ1) is 13.1. The summed E-state index contributed by atoms with van der Waals surface area (Å²) in [5.74, 6) is 1.76. The summed E-state index contributed by atoms with van der Waals surface area (Å²) in [6.45, 7) is 4.58. The van der Waals surface area contributed by atoms with Gasteiger partial charge < -0.3 is 5.73 Å². The number of aryl methyl sites for hydroxylation is 2. The Morgan fingerprint density at radius 1 is 1.28 bits per heavy atom. The zero-order chi connectivity index (χ0) is 13.1. The van der Waals surface area contributed by atoms with E-state index in [-0.39, 0.29) is 0 Å². The Hall–Kier alpha value is -1.39. The van der Waals surface area contributed by atoms with Crippen LogP contribution < -0.4 is 5.73 Å². The van der Waals surface area contributed by atoms with Gasteiger partial charge in [-0.05, 0) is 17.7 Å². The van der Waals surface area contributed by atoms with E-state index in [9.17, 15) is 0 Å². The van der Waals surface area contributed by atoms with Crippen LogP contribution in [-0.4, -0.2) is 14.8 Å². The summed E-state index contributed by atoms with van der Waals surface area (Å²) in [6.07, 6.45) is 1.64.